The maximum absolute atomic E-state index is 11.2. The Morgan fingerprint density at radius 2 is 1.78 bits per heavy atom. The Labute approximate surface area is 188 Å². The molecule has 4 N–H and O–H groups in total. The van der Waals surface area contributed by atoms with E-state index in [-0.39, 0.29) is 12.1 Å². The summed E-state index contributed by atoms with van der Waals surface area (Å²) in [7, 11) is 0. The normalized spacial score (nSPS) is 12.4. The van der Waals surface area contributed by atoms with Crippen LogP contribution in [0.1, 0.15) is 25.0 Å². The van der Waals surface area contributed by atoms with Gasteiger partial charge in [-0.05, 0) is 54.6 Å². The number of carbonyl (C=O) groups excluding carboxylic acids is 1. The summed E-state index contributed by atoms with van der Waals surface area (Å²) < 4.78 is 5.91. The molecule has 3 rings (SSSR count). The highest BCUT2D eigenvalue weighted by atomic mass is 16.5. The quantitative estimate of drug-likeness (QED) is 0.421. The predicted octanol–water partition coefficient (Wildman–Crippen LogP) is 4.94. The fraction of sp³-hybridized carbons (Fsp3) is 0.154. The van der Waals surface area contributed by atoms with Gasteiger partial charge in [0.1, 0.15) is 18.5 Å². The summed E-state index contributed by atoms with van der Waals surface area (Å²) in [5.74, 6) is 0.673. The Morgan fingerprint density at radius 3 is 2.47 bits per heavy atom. The van der Waals surface area contributed by atoms with Crippen LogP contribution < -0.4 is 21.1 Å². The summed E-state index contributed by atoms with van der Waals surface area (Å²) in [6.45, 7) is 3.96. The van der Waals surface area contributed by atoms with Crippen LogP contribution in [0, 0.1) is 0 Å². The zero-order valence-corrected chi connectivity index (χ0v) is 18.3. The lowest BCUT2D eigenvalue weighted by molar-refractivity contribution is -0.114. The van der Waals surface area contributed by atoms with E-state index in [2.05, 4.69) is 10.6 Å². The van der Waals surface area contributed by atoms with Gasteiger partial charge in [-0.3, -0.25) is 9.79 Å². The van der Waals surface area contributed by atoms with Crippen LogP contribution in [0.2, 0.25) is 0 Å². The van der Waals surface area contributed by atoms with Gasteiger partial charge in [0, 0.05) is 24.4 Å². The van der Waals surface area contributed by atoms with Crippen LogP contribution in [0.15, 0.2) is 96.1 Å². The second-order valence-corrected chi connectivity index (χ2v) is 7.25. The molecule has 0 aromatic heterocycles. The van der Waals surface area contributed by atoms with Crippen molar-refractivity contribution in [1.82, 2.24) is 0 Å². The summed E-state index contributed by atoms with van der Waals surface area (Å²) in [4.78, 5) is 16.0. The van der Waals surface area contributed by atoms with Gasteiger partial charge in [-0.2, -0.15) is 0 Å². The number of rotatable bonds is 9. The van der Waals surface area contributed by atoms with Crippen molar-refractivity contribution in [2.45, 2.75) is 26.6 Å². The minimum absolute atomic E-state index is 0.110. The molecule has 3 aromatic carbocycles. The van der Waals surface area contributed by atoms with Gasteiger partial charge in [-0.15, -0.1) is 0 Å². The molecule has 0 heterocycles. The number of amides is 1. The molecule has 1 unspecified atom stereocenters. The van der Waals surface area contributed by atoms with Crippen molar-refractivity contribution in [3.8, 4) is 5.75 Å². The molecule has 1 atom stereocenters. The predicted molar refractivity (Wildman–Crippen MR) is 131 cm³/mol. The van der Waals surface area contributed by atoms with Crippen LogP contribution in [0.4, 0.5) is 11.4 Å². The number of aliphatic imine (C=N–C) groups is 1. The van der Waals surface area contributed by atoms with Gasteiger partial charge in [-0.1, -0.05) is 48.5 Å². The lowest BCUT2D eigenvalue weighted by Gasteiger charge is -2.14. The molecule has 0 spiro atoms. The fourth-order valence-corrected chi connectivity index (χ4v) is 3.13. The van der Waals surface area contributed by atoms with Crippen molar-refractivity contribution < 1.29 is 9.53 Å². The summed E-state index contributed by atoms with van der Waals surface area (Å²) >= 11 is 0. The molecule has 0 aliphatic rings. The topological polar surface area (TPSA) is 88.7 Å². The third-order valence-electron chi connectivity index (χ3n) is 4.55. The minimum Gasteiger partial charge on any atom is -0.489 e. The van der Waals surface area contributed by atoms with Crippen LogP contribution >= 0.6 is 0 Å². The molecule has 6 nitrogen and oxygen atoms in total. The standard InChI is InChI=1S/C26H28N4O2/c1-19(29-26(15-16-27)22-11-13-23(14-12-22)30-20(2)31)28-24-9-6-10-25(17-24)32-18-21-7-4-3-5-8-21/h3-17,19,28H,18,27H2,1-2H3,(H,30,31)/b16-15-,29-26+. The number of nitrogens with zero attached hydrogens (tertiary/aromatic N) is 1. The Balaban J connectivity index is 1.67. The molecule has 0 saturated heterocycles. The van der Waals surface area contributed by atoms with Crippen molar-refractivity contribution in [2.75, 3.05) is 10.6 Å². The number of ether oxygens (including phenoxy) is 1. The number of benzene rings is 3. The van der Waals surface area contributed by atoms with E-state index in [1.807, 2.05) is 85.8 Å². The monoisotopic (exact) mass is 428 g/mol. The first-order chi connectivity index (χ1) is 15.5. The van der Waals surface area contributed by atoms with Crippen LogP contribution in [0.5, 0.6) is 5.75 Å². The highest BCUT2D eigenvalue weighted by molar-refractivity contribution is 6.09. The molecule has 3 aromatic rings. The Bertz CT molecular complexity index is 1080. The van der Waals surface area contributed by atoms with E-state index in [9.17, 15) is 4.79 Å². The number of allylic oxidation sites excluding steroid dienone is 1. The summed E-state index contributed by atoms with van der Waals surface area (Å²) in [6.07, 6.45) is 3.01. The van der Waals surface area contributed by atoms with Gasteiger partial charge in [0.25, 0.3) is 0 Å². The van der Waals surface area contributed by atoms with Crippen LogP contribution in [-0.4, -0.2) is 17.8 Å². The van der Waals surface area contributed by atoms with E-state index in [1.165, 1.54) is 13.1 Å². The maximum atomic E-state index is 11.2. The summed E-state index contributed by atoms with van der Waals surface area (Å²) in [6, 6.07) is 25.3. The van der Waals surface area contributed by atoms with E-state index >= 15 is 0 Å². The lowest BCUT2D eigenvalue weighted by atomic mass is 10.1. The number of hydrogen-bond donors (Lipinski definition) is 3. The Hall–Kier alpha value is -4.06. The molecular weight excluding hydrogens is 400 g/mol. The van der Waals surface area contributed by atoms with Gasteiger partial charge in [-0.25, -0.2) is 0 Å². The van der Waals surface area contributed by atoms with Crippen molar-refractivity contribution >= 4 is 23.0 Å². The largest absolute Gasteiger partial charge is 0.489 e. The van der Waals surface area contributed by atoms with Gasteiger partial charge >= 0.3 is 0 Å². The van der Waals surface area contributed by atoms with E-state index < -0.39 is 0 Å². The first-order valence-corrected chi connectivity index (χ1v) is 10.4. The first kappa shape index (κ1) is 22.6. The average molecular weight is 429 g/mol. The highest BCUT2D eigenvalue weighted by Gasteiger charge is 2.06. The highest BCUT2D eigenvalue weighted by Crippen LogP contribution is 2.20. The molecule has 6 heteroatoms. The average Bonchev–Trinajstić information content (AvgIpc) is 2.78. The van der Waals surface area contributed by atoms with Crippen molar-refractivity contribution in [3.05, 3.63) is 102 Å². The Kier molecular flexibility index (Phi) is 8.03. The molecule has 0 saturated carbocycles. The lowest BCUT2D eigenvalue weighted by Crippen LogP contribution is -2.15. The van der Waals surface area contributed by atoms with Crippen molar-refractivity contribution in [3.63, 3.8) is 0 Å². The second-order valence-electron chi connectivity index (χ2n) is 7.25. The molecule has 0 radical (unpaired) electrons. The number of carbonyl (C=O) groups is 1. The Morgan fingerprint density at radius 1 is 1.03 bits per heavy atom. The first-order valence-electron chi connectivity index (χ1n) is 10.4. The smallest absolute Gasteiger partial charge is 0.221 e. The van der Waals surface area contributed by atoms with E-state index in [4.69, 9.17) is 15.5 Å². The zero-order valence-electron chi connectivity index (χ0n) is 18.3. The van der Waals surface area contributed by atoms with Gasteiger partial charge in [0.05, 0.1) is 5.71 Å². The maximum Gasteiger partial charge on any atom is 0.221 e. The van der Waals surface area contributed by atoms with Crippen molar-refractivity contribution in [2.24, 2.45) is 10.7 Å². The number of anilines is 2. The summed E-state index contributed by atoms with van der Waals surface area (Å²) in [5.41, 5.74) is 10.0. The SMILES string of the molecule is CC(=O)Nc1ccc(C(/C=C\N)=N/C(C)Nc2cccc(OCc3ccccc3)c2)cc1. The van der Waals surface area contributed by atoms with Crippen LogP contribution in [-0.2, 0) is 11.4 Å². The molecule has 0 fully saturated rings. The molecule has 32 heavy (non-hydrogen) atoms. The third-order valence-corrected chi connectivity index (χ3v) is 4.55. The van der Waals surface area contributed by atoms with E-state index in [1.54, 1.807) is 6.08 Å². The van der Waals surface area contributed by atoms with Gasteiger partial charge in [0.2, 0.25) is 5.91 Å². The molecule has 164 valence electrons. The van der Waals surface area contributed by atoms with E-state index in [0.29, 0.717) is 6.61 Å². The minimum atomic E-state index is -0.208. The number of hydrogen-bond acceptors (Lipinski definition) is 5. The fourth-order valence-electron chi connectivity index (χ4n) is 3.13. The van der Waals surface area contributed by atoms with Gasteiger partial charge in [0.15, 0.2) is 0 Å². The molecular formula is C26H28N4O2. The third kappa shape index (κ3) is 7.02. The molecule has 1 amide bonds. The van der Waals surface area contributed by atoms with Crippen LogP contribution in [0.3, 0.4) is 0 Å². The van der Waals surface area contributed by atoms with Gasteiger partial charge < -0.3 is 21.1 Å². The second kappa shape index (κ2) is 11.4. The number of nitrogens with one attached hydrogen (secondary N) is 2. The van der Waals surface area contributed by atoms with Crippen LogP contribution in [0.25, 0.3) is 0 Å². The molecule has 0 aliphatic heterocycles. The zero-order chi connectivity index (χ0) is 22.8. The number of nitrogens with two attached hydrogens (primary N) is 1. The van der Waals surface area contributed by atoms with Crippen molar-refractivity contribution in [1.29, 1.82) is 0 Å². The van der Waals surface area contributed by atoms with E-state index in [0.717, 1.165) is 34.0 Å². The molecule has 0 aliphatic carbocycles. The molecule has 0 bridgehead atoms. The summed E-state index contributed by atoms with van der Waals surface area (Å²) in [5, 5.41) is 6.13.